The molecule has 0 aromatic carbocycles. The number of aliphatic hydroxyl groups excluding tert-OH is 3. The predicted molar refractivity (Wildman–Crippen MR) is 195 cm³/mol. The van der Waals surface area contributed by atoms with Gasteiger partial charge in [-0.25, -0.2) is 0 Å². The number of halogens is 2. The van der Waals surface area contributed by atoms with Gasteiger partial charge < -0.3 is 58.0 Å². The summed E-state index contributed by atoms with van der Waals surface area (Å²) in [4.78, 5) is 2.23. The van der Waals surface area contributed by atoms with Crippen LogP contribution in [0, 0.1) is 30.1 Å². The van der Waals surface area contributed by atoms with Crippen LogP contribution in [0.2, 0.25) is 0 Å². The van der Waals surface area contributed by atoms with Gasteiger partial charge >= 0.3 is 0 Å². The molecule has 3 aromatic rings. The van der Waals surface area contributed by atoms with E-state index < -0.39 is 16.2 Å². The highest BCUT2D eigenvalue weighted by Gasteiger charge is 2.38. The lowest BCUT2D eigenvalue weighted by molar-refractivity contribution is -0.0230. The van der Waals surface area contributed by atoms with Crippen molar-refractivity contribution in [1.82, 2.24) is 0 Å². The van der Waals surface area contributed by atoms with Crippen LogP contribution in [0.3, 0.4) is 0 Å². The maximum atomic E-state index is 9.52. The molecule has 49 heavy (non-hydrogen) atoms. The summed E-state index contributed by atoms with van der Waals surface area (Å²) in [7, 11) is 4.83. The van der Waals surface area contributed by atoms with Gasteiger partial charge in [-0.05, 0) is 45.7 Å². The monoisotopic (exact) mass is 874 g/mol. The fourth-order valence-electron chi connectivity index (χ4n) is 5.12. The van der Waals surface area contributed by atoms with Gasteiger partial charge in [0.15, 0.2) is 34.5 Å². The number of rotatable bonds is 9. The SMILES string of the molecule is COCC1(CO)COc2c(Br)sc(Br)c2OC1.COCC1(CO)COc2c(C)sc(C)c2OC1.COCC1(CO)COc2cscc2OC1. The zero-order valence-corrected chi connectivity index (χ0v) is 33.8. The minimum absolute atomic E-state index is 0.00541. The zero-order valence-electron chi connectivity index (χ0n) is 28.1. The lowest BCUT2D eigenvalue weighted by Gasteiger charge is -2.27. The summed E-state index contributed by atoms with van der Waals surface area (Å²) in [6, 6.07) is 0. The van der Waals surface area contributed by atoms with Crippen molar-refractivity contribution in [2.24, 2.45) is 16.2 Å². The maximum Gasteiger partial charge on any atom is 0.187 e. The minimum Gasteiger partial charge on any atom is -0.488 e. The predicted octanol–water partition coefficient (Wildman–Crippen LogP) is 5.58. The molecule has 3 N–H and O–H groups in total. The highest BCUT2D eigenvalue weighted by Crippen LogP contribution is 2.50. The third kappa shape index (κ3) is 9.74. The summed E-state index contributed by atoms with van der Waals surface area (Å²) in [5.74, 6) is 4.53. The van der Waals surface area contributed by atoms with Crippen LogP contribution in [-0.4, -0.2) is 116 Å². The van der Waals surface area contributed by atoms with Crippen LogP contribution in [0.5, 0.6) is 34.5 Å². The fourth-order valence-corrected chi connectivity index (χ4v) is 9.61. The Bertz CT molecular complexity index is 1320. The minimum atomic E-state index is -0.510. The molecule has 0 spiro atoms. The summed E-state index contributed by atoms with van der Waals surface area (Å²) in [6.07, 6.45) is 0. The van der Waals surface area contributed by atoms with E-state index in [2.05, 4.69) is 31.9 Å². The Hall–Kier alpha value is -1.38. The molecule has 12 nitrogen and oxygen atoms in total. The maximum absolute atomic E-state index is 9.52. The molecule has 0 fully saturated rings. The number of ether oxygens (including phenoxy) is 9. The number of thiophene rings is 3. The van der Waals surface area contributed by atoms with E-state index in [-0.39, 0.29) is 19.8 Å². The van der Waals surface area contributed by atoms with E-state index in [1.54, 1.807) is 44.0 Å². The van der Waals surface area contributed by atoms with Gasteiger partial charge in [-0.15, -0.1) is 34.0 Å². The molecule has 0 unspecified atom stereocenters. The Morgan fingerprint density at radius 2 is 0.898 bits per heavy atom. The molecule has 0 amide bonds. The highest BCUT2D eigenvalue weighted by molar-refractivity contribution is 9.12. The van der Waals surface area contributed by atoms with Gasteiger partial charge in [-0.2, -0.15) is 0 Å². The number of aryl methyl sites for hydroxylation is 2. The van der Waals surface area contributed by atoms with Crippen LogP contribution in [0.25, 0.3) is 0 Å². The molecule has 0 bridgehead atoms. The first-order valence-electron chi connectivity index (χ1n) is 15.2. The van der Waals surface area contributed by atoms with E-state index in [0.717, 1.165) is 40.3 Å². The van der Waals surface area contributed by atoms with E-state index in [1.165, 1.54) is 11.3 Å². The molecule has 6 heterocycles. The molecule has 0 atom stereocenters. The number of hydrogen-bond donors (Lipinski definition) is 3. The molecule has 3 aliphatic rings. The molecular weight excluding hydrogens is 832 g/mol. The van der Waals surface area contributed by atoms with Gasteiger partial charge in [0.05, 0.1) is 55.9 Å². The van der Waals surface area contributed by atoms with Gasteiger partial charge in [-0.3, -0.25) is 0 Å². The van der Waals surface area contributed by atoms with E-state index in [1.807, 2.05) is 24.6 Å². The molecule has 0 saturated heterocycles. The number of aliphatic hydroxyl groups is 3. The molecule has 6 rings (SSSR count). The van der Waals surface area contributed by atoms with Crippen LogP contribution in [-0.2, 0) is 14.2 Å². The Balaban J connectivity index is 0.000000166. The topological polar surface area (TPSA) is 144 Å². The quantitative estimate of drug-likeness (QED) is 0.247. The number of hydrogen-bond acceptors (Lipinski definition) is 15. The largest absolute Gasteiger partial charge is 0.488 e. The molecule has 0 radical (unpaired) electrons. The van der Waals surface area contributed by atoms with E-state index in [4.69, 9.17) is 42.6 Å². The Morgan fingerprint density at radius 1 is 0.571 bits per heavy atom. The van der Waals surface area contributed by atoms with Crippen LogP contribution in [0.15, 0.2) is 18.3 Å². The second kappa shape index (κ2) is 18.4. The Labute approximate surface area is 315 Å². The van der Waals surface area contributed by atoms with Crippen molar-refractivity contribution < 1.29 is 58.0 Å². The molecule has 276 valence electrons. The average Bonchev–Trinajstić information content (AvgIpc) is 3.57. The molecular formula is C32H44Br2O12S3. The first kappa shape index (κ1) is 40.4. The molecule has 0 aliphatic carbocycles. The van der Waals surface area contributed by atoms with E-state index in [9.17, 15) is 15.3 Å². The molecule has 0 saturated carbocycles. The van der Waals surface area contributed by atoms with Crippen molar-refractivity contribution in [3.8, 4) is 34.5 Å². The smallest absolute Gasteiger partial charge is 0.187 e. The summed E-state index contributed by atoms with van der Waals surface area (Å²) in [6.45, 7) is 7.64. The van der Waals surface area contributed by atoms with Gasteiger partial charge in [0, 0.05) is 41.8 Å². The number of methoxy groups -OCH3 is 3. The van der Waals surface area contributed by atoms with Gasteiger partial charge in [-0.1, -0.05) is 0 Å². The Kier molecular flexibility index (Phi) is 15.2. The van der Waals surface area contributed by atoms with E-state index >= 15 is 0 Å². The van der Waals surface area contributed by atoms with Crippen molar-refractivity contribution in [3.05, 3.63) is 28.1 Å². The average molecular weight is 877 g/mol. The van der Waals surface area contributed by atoms with Gasteiger partial charge in [0.25, 0.3) is 0 Å². The van der Waals surface area contributed by atoms with Gasteiger partial charge in [0.1, 0.15) is 47.2 Å². The Morgan fingerprint density at radius 3 is 1.22 bits per heavy atom. The number of fused-ring (bicyclic) bond motifs is 3. The third-order valence-corrected chi connectivity index (χ3v) is 12.1. The summed E-state index contributed by atoms with van der Waals surface area (Å²) < 4.78 is 51.4. The summed E-state index contributed by atoms with van der Waals surface area (Å²) in [5.41, 5.74) is -1.43. The van der Waals surface area contributed by atoms with Crippen molar-refractivity contribution in [2.45, 2.75) is 13.8 Å². The first-order chi connectivity index (χ1) is 23.5. The van der Waals surface area contributed by atoms with Crippen molar-refractivity contribution >= 4 is 65.9 Å². The van der Waals surface area contributed by atoms with Crippen LogP contribution >= 0.6 is 65.9 Å². The lowest BCUT2D eigenvalue weighted by atomic mass is 9.92. The standard InChI is InChI=1S/C12H18O4S.C10H12Br2O4S.C10H14O4S/c1-8-10-11(9(2)17-8)16-7-12(4-13,5-14-3)6-15-10;1-14-3-10(2-13)4-15-6-7(16-5-10)9(12)17-8(6)11;1-12-5-10(4-11)6-13-8-2-15-3-9(8)14-7-10/h13H,4-7H2,1-3H3;13H,2-5H2,1H3;2-3,11H,4-7H2,1H3. The van der Waals surface area contributed by atoms with Crippen molar-refractivity contribution in [3.63, 3.8) is 0 Å². The third-order valence-electron chi connectivity index (χ3n) is 8.00. The summed E-state index contributed by atoms with van der Waals surface area (Å²) >= 11 is 11.6. The van der Waals surface area contributed by atoms with Crippen LogP contribution in [0.1, 0.15) is 9.75 Å². The second-order valence-corrected chi connectivity index (χ2v) is 18.1. The normalized spacial score (nSPS) is 18.1. The summed E-state index contributed by atoms with van der Waals surface area (Å²) in [5, 5.41) is 32.2. The highest BCUT2D eigenvalue weighted by atomic mass is 79.9. The van der Waals surface area contributed by atoms with E-state index in [0.29, 0.717) is 71.0 Å². The van der Waals surface area contributed by atoms with Crippen LogP contribution < -0.4 is 28.4 Å². The van der Waals surface area contributed by atoms with Crippen LogP contribution in [0.4, 0.5) is 0 Å². The fraction of sp³-hybridized carbons (Fsp3) is 0.625. The second-order valence-electron chi connectivity index (χ2n) is 12.3. The zero-order chi connectivity index (χ0) is 35.7. The lowest BCUT2D eigenvalue weighted by Crippen LogP contribution is -2.41. The van der Waals surface area contributed by atoms with Crippen molar-refractivity contribution in [2.75, 3.05) is 101 Å². The molecule has 17 heteroatoms. The molecule has 3 aromatic heterocycles. The van der Waals surface area contributed by atoms with Crippen molar-refractivity contribution in [1.29, 1.82) is 0 Å². The molecule has 3 aliphatic heterocycles. The van der Waals surface area contributed by atoms with Gasteiger partial charge in [0.2, 0.25) is 0 Å². The first-order valence-corrected chi connectivity index (χ1v) is 19.4.